The summed E-state index contributed by atoms with van der Waals surface area (Å²) < 4.78 is 0. The van der Waals surface area contributed by atoms with Gasteiger partial charge in [-0.25, -0.2) is 0 Å². The molecule has 0 atom stereocenters. The first-order valence-electron chi connectivity index (χ1n) is 7.34. The molecule has 0 N–H and O–H groups in total. The van der Waals surface area contributed by atoms with Crippen molar-refractivity contribution < 1.29 is 4.79 Å². The molecule has 2 aromatic carbocycles. The summed E-state index contributed by atoms with van der Waals surface area (Å²) in [6, 6.07) is 12.6. The Morgan fingerprint density at radius 3 is 2.65 bits per heavy atom. The zero-order chi connectivity index (χ0) is 14.1. The lowest BCUT2D eigenvalue weighted by Crippen LogP contribution is -2.06. The second-order valence-corrected chi connectivity index (χ2v) is 5.87. The molecule has 0 unspecified atom stereocenters. The molecule has 102 valence electrons. The average Bonchev–Trinajstić information content (AvgIpc) is 2.90. The van der Waals surface area contributed by atoms with Gasteiger partial charge in [-0.1, -0.05) is 35.9 Å². The van der Waals surface area contributed by atoms with E-state index in [-0.39, 0.29) is 5.78 Å². The van der Waals surface area contributed by atoms with Crippen LogP contribution in [0.5, 0.6) is 0 Å². The molecule has 0 radical (unpaired) electrons. The molecule has 20 heavy (non-hydrogen) atoms. The lowest BCUT2D eigenvalue weighted by molar-refractivity contribution is 0.0992. The van der Waals surface area contributed by atoms with E-state index in [0.29, 0.717) is 6.42 Å². The topological polar surface area (TPSA) is 17.1 Å². The molecule has 0 saturated carbocycles. The molecular weight excluding hydrogens is 244 g/mol. The highest BCUT2D eigenvalue weighted by Crippen LogP contribution is 2.23. The second kappa shape index (κ2) is 5.24. The number of aryl methyl sites for hydroxylation is 4. The van der Waals surface area contributed by atoms with Crippen molar-refractivity contribution in [1.29, 1.82) is 0 Å². The number of benzene rings is 2. The van der Waals surface area contributed by atoms with Crippen molar-refractivity contribution in [2.24, 2.45) is 0 Å². The molecule has 0 aliphatic heterocycles. The molecule has 0 saturated heterocycles. The van der Waals surface area contributed by atoms with Gasteiger partial charge in [0.05, 0.1) is 0 Å². The molecule has 1 nitrogen and oxygen atoms in total. The maximum absolute atomic E-state index is 12.5. The SMILES string of the molecule is Cc1ccc(C)c(CC(=O)c2ccc3c(c2)CCC3)c1. The number of hydrogen-bond acceptors (Lipinski definition) is 1. The van der Waals surface area contributed by atoms with Crippen LogP contribution in [0.2, 0.25) is 0 Å². The predicted molar refractivity (Wildman–Crippen MR) is 82.4 cm³/mol. The summed E-state index contributed by atoms with van der Waals surface area (Å²) in [5.74, 6) is 0.230. The molecule has 1 aliphatic carbocycles. The summed E-state index contributed by atoms with van der Waals surface area (Å²) in [5, 5.41) is 0. The van der Waals surface area contributed by atoms with Gasteiger partial charge in [0.25, 0.3) is 0 Å². The van der Waals surface area contributed by atoms with Gasteiger partial charge in [-0.05, 0) is 61.4 Å². The van der Waals surface area contributed by atoms with Gasteiger partial charge < -0.3 is 0 Å². The molecule has 1 heteroatoms. The number of carbonyl (C=O) groups excluding carboxylic acids is 1. The van der Waals surface area contributed by atoms with Gasteiger partial charge in [-0.15, -0.1) is 0 Å². The molecule has 0 bridgehead atoms. The van der Waals surface area contributed by atoms with Crippen molar-refractivity contribution in [3.8, 4) is 0 Å². The Morgan fingerprint density at radius 1 is 1.00 bits per heavy atom. The Balaban J connectivity index is 1.84. The third-order valence-electron chi connectivity index (χ3n) is 4.28. The van der Waals surface area contributed by atoms with Gasteiger partial charge >= 0.3 is 0 Å². The van der Waals surface area contributed by atoms with Crippen molar-refractivity contribution in [1.82, 2.24) is 0 Å². The van der Waals surface area contributed by atoms with Gasteiger partial charge in [0.15, 0.2) is 5.78 Å². The van der Waals surface area contributed by atoms with Crippen LogP contribution in [-0.2, 0) is 19.3 Å². The van der Waals surface area contributed by atoms with Crippen LogP contribution in [0.3, 0.4) is 0 Å². The number of Topliss-reactive ketones (excluding diaryl/α,β-unsaturated/α-hetero) is 1. The predicted octanol–water partition coefficient (Wildman–Crippen LogP) is 4.22. The number of ketones is 1. The van der Waals surface area contributed by atoms with Crippen LogP contribution >= 0.6 is 0 Å². The van der Waals surface area contributed by atoms with Crippen LogP contribution in [0.1, 0.15) is 44.6 Å². The smallest absolute Gasteiger partial charge is 0.167 e. The minimum atomic E-state index is 0.230. The molecule has 3 rings (SSSR count). The maximum Gasteiger partial charge on any atom is 0.167 e. The van der Waals surface area contributed by atoms with E-state index in [1.807, 2.05) is 6.07 Å². The summed E-state index contributed by atoms with van der Waals surface area (Å²) in [6.07, 6.45) is 4.02. The van der Waals surface area contributed by atoms with E-state index in [2.05, 4.69) is 44.2 Å². The largest absolute Gasteiger partial charge is 0.294 e. The van der Waals surface area contributed by atoms with E-state index in [1.165, 1.54) is 35.1 Å². The highest BCUT2D eigenvalue weighted by Gasteiger charge is 2.14. The van der Waals surface area contributed by atoms with Crippen molar-refractivity contribution in [2.75, 3.05) is 0 Å². The van der Waals surface area contributed by atoms with Crippen molar-refractivity contribution in [2.45, 2.75) is 39.5 Å². The maximum atomic E-state index is 12.5. The Labute approximate surface area is 120 Å². The van der Waals surface area contributed by atoms with Crippen LogP contribution in [-0.4, -0.2) is 5.78 Å². The summed E-state index contributed by atoms with van der Waals surface area (Å²) in [4.78, 5) is 12.5. The fraction of sp³-hybridized carbons (Fsp3) is 0.316. The number of fused-ring (bicyclic) bond motifs is 1. The molecule has 0 amide bonds. The van der Waals surface area contributed by atoms with Crippen molar-refractivity contribution in [3.05, 3.63) is 69.8 Å². The Kier molecular flexibility index (Phi) is 3.43. The molecule has 0 fully saturated rings. The van der Waals surface area contributed by atoms with E-state index in [1.54, 1.807) is 0 Å². The van der Waals surface area contributed by atoms with Gasteiger partial charge in [0.1, 0.15) is 0 Å². The first kappa shape index (κ1) is 13.1. The Morgan fingerprint density at radius 2 is 1.80 bits per heavy atom. The third kappa shape index (κ3) is 2.53. The molecule has 2 aromatic rings. The Hall–Kier alpha value is -1.89. The lowest BCUT2D eigenvalue weighted by Gasteiger charge is -2.08. The highest BCUT2D eigenvalue weighted by atomic mass is 16.1. The van der Waals surface area contributed by atoms with Crippen molar-refractivity contribution in [3.63, 3.8) is 0 Å². The fourth-order valence-corrected chi connectivity index (χ4v) is 3.01. The van der Waals surface area contributed by atoms with Crippen LogP contribution in [0.15, 0.2) is 36.4 Å². The quantitative estimate of drug-likeness (QED) is 0.759. The van der Waals surface area contributed by atoms with Gasteiger partial charge in [0.2, 0.25) is 0 Å². The number of carbonyl (C=O) groups is 1. The number of hydrogen-bond donors (Lipinski definition) is 0. The van der Waals surface area contributed by atoms with E-state index < -0.39 is 0 Å². The summed E-state index contributed by atoms with van der Waals surface area (Å²) in [7, 11) is 0. The van der Waals surface area contributed by atoms with Gasteiger partial charge in [-0.3, -0.25) is 4.79 Å². The molecule has 1 aliphatic rings. The van der Waals surface area contributed by atoms with Crippen molar-refractivity contribution >= 4 is 5.78 Å². The number of rotatable bonds is 3. The van der Waals surface area contributed by atoms with Crippen LogP contribution < -0.4 is 0 Å². The average molecular weight is 264 g/mol. The third-order valence-corrected chi connectivity index (χ3v) is 4.28. The van der Waals surface area contributed by atoms with Crippen LogP contribution in [0.4, 0.5) is 0 Å². The zero-order valence-corrected chi connectivity index (χ0v) is 12.2. The van der Waals surface area contributed by atoms with E-state index in [9.17, 15) is 4.79 Å². The molecular formula is C19H20O. The van der Waals surface area contributed by atoms with E-state index in [0.717, 1.165) is 17.5 Å². The van der Waals surface area contributed by atoms with Gasteiger partial charge in [0, 0.05) is 12.0 Å². The van der Waals surface area contributed by atoms with E-state index >= 15 is 0 Å². The highest BCUT2D eigenvalue weighted by molar-refractivity contribution is 5.98. The summed E-state index contributed by atoms with van der Waals surface area (Å²) >= 11 is 0. The minimum Gasteiger partial charge on any atom is -0.294 e. The van der Waals surface area contributed by atoms with Crippen LogP contribution in [0.25, 0.3) is 0 Å². The first-order valence-corrected chi connectivity index (χ1v) is 7.34. The minimum absolute atomic E-state index is 0.230. The second-order valence-electron chi connectivity index (χ2n) is 5.87. The van der Waals surface area contributed by atoms with Gasteiger partial charge in [-0.2, -0.15) is 0 Å². The standard InChI is InChI=1S/C19H20O/c1-13-6-7-14(2)18(10-13)12-19(20)17-9-8-15-4-3-5-16(15)11-17/h6-11H,3-5,12H2,1-2H3. The lowest BCUT2D eigenvalue weighted by atomic mass is 9.96. The molecule has 0 aromatic heterocycles. The first-order chi connectivity index (χ1) is 9.63. The summed E-state index contributed by atoms with van der Waals surface area (Å²) in [6.45, 7) is 4.15. The fourth-order valence-electron chi connectivity index (χ4n) is 3.01. The molecule has 0 spiro atoms. The van der Waals surface area contributed by atoms with E-state index in [4.69, 9.17) is 0 Å². The normalized spacial score (nSPS) is 13.3. The molecule has 0 heterocycles. The zero-order valence-electron chi connectivity index (χ0n) is 12.2. The Bertz CT molecular complexity index is 667. The monoisotopic (exact) mass is 264 g/mol. The van der Waals surface area contributed by atoms with Crippen LogP contribution in [0, 0.1) is 13.8 Å². The summed E-state index contributed by atoms with van der Waals surface area (Å²) in [5.41, 5.74) is 7.23.